The molecule has 1 amide bonds. The molecule has 36 heavy (non-hydrogen) atoms. The van der Waals surface area contributed by atoms with Gasteiger partial charge in [-0.25, -0.2) is 19.8 Å². The highest BCUT2D eigenvalue weighted by Crippen LogP contribution is 2.33. The molecule has 3 aromatic carbocycles. The third kappa shape index (κ3) is 5.05. The number of ether oxygens (including phenoxy) is 1. The van der Waals surface area contributed by atoms with Crippen LogP contribution >= 0.6 is 11.6 Å². The Morgan fingerprint density at radius 1 is 1.08 bits per heavy atom. The Hall–Kier alpha value is -4.27. The fourth-order valence-electron chi connectivity index (χ4n) is 3.93. The smallest absolute Gasteiger partial charge is 0.270 e. The average molecular weight is 503 g/mol. The Bertz CT molecular complexity index is 1540. The zero-order valence-electron chi connectivity index (χ0n) is 18.8. The second kappa shape index (κ2) is 10.2. The standard InChI is InChI=1S/C27H20ClFN4O3/c28-23-13-21(7-9-25(23)36-14-16-2-1-3-20(29)10-16)32-26-22-12-18(6-8-24(22)30-15-31-26)17-4-5-19(11-17)27(34)33-35/h1-10,12-13,15,35H,11,14H2,(H,33,34)(H,30,31,32). The van der Waals surface area contributed by atoms with Crippen LogP contribution in [0.4, 0.5) is 15.9 Å². The number of carbonyl (C=O) groups is 1. The molecule has 1 heterocycles. The molecule has 0 radical (unpaired) electrons. The molecule has 0 atom stereocenters. The number of benzene rings is 3. The van der Waals surface area contributed by atoms with Crippen LogP contribution in [0.2, 0.25) is 5.02 Å². The maximum atomic E-state index is 13.4. The fourth-order valence-corrected chi connectivity index (χ4v) is 4.16. The Morgan fingerprint density at radius 3 is 2.78 bits per heavy atom. The van der Waals surface area contributed by atoms with E-state index in [-0.39, 0.29) is 12.4 Å². The molecule has 5 rings (SSSR count). The number of rotatable bonds is 7. The first-order valence-corrected chi connectivity index (χ1v) is 11.4. The predicted octanol–water partition coefficient (Wildman–Crippen LogP) is 5.96. The van der Waals surface area contributed by atoms with Gasteiger partial charge >= 0.3 is 0 Å². The quantitative estimate of drug-likeness (QED) is 0.213. The van der Waals surface area contributed by atoms with Crippen LogP contribution in [0.15, 0.2) is 84.7 Å². The van der Waals surface area contributed by atoms with Crippen LogP contribution in [0, 0.1) is 5.82 Å². The number of allylic oxidation sites excluding steroid dienone is 3. The van der Waals surface area contributed by atoms with Gasteiger partial charge in [-0.2, -0.15) is 0 Å². The number of nitrogens with zero attached hydrogens (tertiary/aromatic N) is 2. The summed E-state index contributed by atoms with van der Waals surface area (Å²) in [7, 11) is 0. The number of fused-ring (bicyclic) bond motifs is 1. The van der Waals surface area contributed by atoms with E-state index >= 15 is 0 Å². The number of hydrogen-bond donors (Lipinski definition) is 3. The van der Waals surface area contributed by atoms with Crippen LogP contribution in [-0.2, 0) is 11.4 Å². The number of hydroxylamine groups is 1. The average Bonchev–Trinajstić information content (AvgIpc) is 3.38. The molecular weight excluding hydrogens is 483 g/mol. The predicted molar refractivity (Wildman–Crippen MR) is 136 cm³/mol. The maximum absolute atomic E-state index is 13.4. The molecule has 1 aliphatic rings. The number of halogens is 2. The second-order valence-corrected chi connectivity index (χ2v) is 8.55. The lowest BCUT2D eigenvalue weighted by Gasteiger charge is -2.13. The summed E-state index contributed by atoms with van der Waals surface area (Å²) in [5, 5.41) is 13.3. The fraction of sp³-hybridized carbons (Fsp3) is 0.0741. The lowest BCUT2D eigenvalue weighted by Crippen LogP contribution is -2.20. The summed E-state index contributed by atoms with van der Waals surface area (Å²) in [6.45, 7) is 0.190. The summed E-state index contributed by atoms with van der Waals surface area (Å²) in [5.74, 6) is 0.224. The van der Waals surface area contributed by atoms with Gasteiger partial charge in [0.1, 0.15) is 30.3 Å². The summed E-state index contributed by atoms with van der Waals surface area (Å²) in [5.41, 5.74) is 6.15. The van der Waals surface area contributed by atoms with E-state index in [0.717, 1.165) is 22.0 Å². The van der Waals surface area contributed by atoms with Gasteiger partial charge in [-0.1, -0.05) is 42.0 Å². The second-order valence-electron chi connectivity index (χ2n) is 8.14. The monoisotopic (exact) mass is 502 g/mol. The molecule has 9 heteroatoms. The number of anilines is 2. The van der Waals surface area contributed by atoms with Crippen molar-refractivity contribution in [3.63, 3.8) is 0 Å². The van der Waals surface area contributed by atoms with Crippen molar-refractivity contribution < 1.29 is 19.1 Å². The minimum atomic E-state index is -0.520. The van der Waals surface area contributed by atoms with E-state index in [2.05, 4.69) is 15.3 Å². The first-order valence-electron chi connectivity index (χ1n) is 11.0. The van der Waals surface area contributed by atoms with Gasteiger partial charge in [-0.05, 0) is 59.2 Å². The molecule has 0 aliphatic heterocycles. The number of amides is 1. The Labute approximate surface area is 210 Å². The molecule has 1 aromatic heterocycles. The molecule has 3 N–H and O–H groups in total. The van der Waals surface area contributed by atoms with Crippen LogP contribution in [0.3, 0.4) is 0 Å². The van der Waals surface area contributed by atoms with Gasteiger partial charge in [-0.15, -0.1) is 0 Å². The van der Waals surface area contributed by atoms with Gasteiger partial charge in [0.05, 0.1) is 10.5 Å². The zero-order valence-corrected chi connectivity index (χ0v) is 19.6. The topological polar surface area (TPSA) is 96.4 Å². The SMILES string of the molecule is O=C(NO)C1=CC=C(c2ccc3ncnc(Nc4ccc(OCc5cccc(F)c5)c(Cl)c4)c3c2)C1. The molecule has 180 valence electrons. The third-order valence-corrected chi connectivity index (χ3v) is 6.04. The van der Waals surface area contributed by atoms with E-state index in [1.54, 1.807) is 35.8 Å². The number of hydrogen-bond acceptors (Lipinski definition) is 6. The van der Waals surface area contributed by atoms with Crippen molar-refractivity contribution in [1.29, 1.82) is 0 Å². The van der Waals surface area contributed by atoms with E-state index in [9.17, 15) is 9.18 Å². The van der Waals surface area contributed by atoms with E-state index in [1.807, 2.05) is 30.3 Å². The van der Waals surface area contributed by atoms with Crippen LogP contribution in [0.1, 0.15) is 17.5 Å². The Morgan fingerprint density at radius 2 is 1.97 bits per heavy atom. The van der Waals surface area contributed by atoms with Gasteiger partial charge in [-0.3, -0.25) is 10.0 Å². The van der Waals surface area contributed by atoms with E-state index < -0.39 is 5.91 Å². The van der Waals surface area contributed by atoms with Gasteiger partial charge in [0, 0.05) is 23.1 Å². The number of nitrogens with one attached hydrogen (secondary N) is 2. The van der Waals surface area contributed by atoms with Crippen molar-refractivity contribution in [3.05, 3.63) is 107 Å². The van der Waals surface area contributed by atoms with Crippen molar-refractivity contribution >= 4 is 45.5 Å². The highest BCUT2D eigenvalue weighted by molar-refractivity contribution is 6.32. The number of carbonyl (C=O) groups excluding carboxylic acids is 1. The van der Waals surface area contributed by atoms with Crippen molar-refractivity contribution in [3.8, 4) is 5.75 Å². The van der Waals surface area contributed by atoms with E-state index in [0.29, 0.717) is 39.8 Å². The first kappa shape index (κ1) is 23.5. The van der Waals surface area contributed by atoms with E-state index in [1.165, 1.54) is 18.5 Å². The summed E-state index contributed by atoms with van der Waals surface area (Å²) in [6.07, 6.45) is 5.42. The zero-order chi connectivity index (χ0) is 25.1. The van der Waals surface area contributed by atoms with Gasteiger partial charge in [0.2, 0.25) is 0 Å². The number of aromatic nitrogens is 2. The molecule has 0 bridgehead atoms. The Balaban J connectivity index is 1.34. The molecule has 7 nitrogen and oxygen atoms in total. The highest BCUT2D eigenvalue weighted by Gasteiger charge is 2.17. The summed E-state index contributed by atoms with van der Waals surface area (Å²) < 4.78 is 19.1. The van der Waals surface area contributed by atoms with Crippen LogP contribution in [0.5, 0.6) is 5.75 Å². The summed E-state index contributed by atoms with van der Waals surface area (Å²) in [4.78, 5) is 20.5. The summed E-state index contributed by atoms with van der Waals surface area (Å²) >= 11 is 6.44. The molecule has 0 spiro atoms. The minimum absolute atomic E-state index is 0.190. The molecule has 4 aromatic rings. The van der Waals surface area contributed by atoms with Crippen LogP contribution in [0.25, 0.3) is 16.5 Å². The van der Waals surface area contributed by atoms with Gasteiger partial charge < -0.3 is 10.1 Å². The molecular formula is C27H20ClFN4O3. The molecule has 0 fully saturated rings. The van der Waals surface area contributed by atoms with Crippen LogP contribution in [-0.4, -0.2) is 21.1 Å². The normalized spacial score (nSPS) is 12.8. The lowest BCUT2D eigenvalue weighted by molar-refractivity contribution is -0.125. The summed E-state index contributed by atoms with van der Waals surface area (Å²) in [6, 6.07) is 17.3. The molecule has 0 saturated carbocycles. The lowest BCUT2D eigenvalue weighted by atomic mass is 10.0. The van der Waals surface area contributed by atoms with E-state index in [4.69, 9.17) is 21.5 Å². The third-order valence-electron chi connectivity index (χ3n) is 5.74. The molecule has 1 aliphatic carbocycles. The molecule has 0 saturated heterocycles. The van der Waals surface area contributed by atoms with Crippen molar-refractivity contribution in [2.75, 3.05) is 5.32 Å². The molecule has 0 unspecified atom stereocenters. The van der Waals surface area contributed by atoms with Crippen molar-refractivity contribution in [1.82, 2.24) is 15.4 Å². The van der Waals surface area contributed by atoms with Gasteiger partial charge in [0.15, 0.2) is 0 Å². The van der Waals surface area contributed by atoms with Crippen molar-refractivity contribution in [2.45, 2.75) is 13.0 Å². The van der Waals surface area contributed by atoms with Gasteiger partial charge in [0.25, 0.3) is 5.91 Å². The Kier molecular flexibility index (Phi) is 6.62. The largest absolute Gasteiger partial charge is 0.487 e. The van der Waals surface area contributed by atoms with Crippen LogP contribution < -0.4 is 15.5 Å². The first-order chi connectivity index (χ1) is 17.5. The highest BCUT2D eigenvalue weighted by atomic mass is 35.5. The van der Waals surface area contributed by atoms with Crippen molar-refractivity contribution in [2.24, 2.45) is 0 Å². The maximum Gasteiger partial charge on any atom is 0.270 e. The minimum Gasteiger partial charge on any atom is -0.487 e.